The molecule has 2 N–H and O–H groups in total. The minimum Gasteiger partial charge on any atom is -0.383 e. The van der Waals surface area contributed by atoms with Crippen LogP contribution in [0.2, 0.25) is 5.02 Å². The Kier molecular flexibility index (Phi) is 4.69. The first-order chi connectivity index (χ1) is 9.16. The summed E-state index contributed by atoms with van der Waals surface area (Å²) in [5.41, 5.74) is 4.62. The second-order valence-electron chi connectivity index (χ2n) is 4.64. The molecular weight excluding hydrogens is 256 g/mol. The van der Waals surface area contributed by atoms with Crippen molar-refractivity contribution in [2.24, 2.45) is 0 Å². The molecule has 0 saturated heterocycles. The number of rotatable bonds is 5. The highest BCUT2D eigenvalue weighted by atomic mass is 35.5. The molecule has 2 aromatic rings. The van der Waals surface area contributed by atoms with Crippen LogP contribution in [-0.4, -0.2) is 13.1 Å². The van der Waals surface area contributed by atoms with Crippen molar-refractivity contribution in [3.63, 3.8) is 0 Å². The highest BCUT2D eigenvalue weighted by molar-refractivity contribution is 6.31. The van der Waals surface area contributed by atoms with Gasteiger partial charge in [0, 0.05) is 29.5 Å². The van der Waals surface area contributed by atoms with Crippen molar-refractivity contribution >= 4 is 23.0 Å². The monoisotopic (exact) mass is 274 g/mol. The Labute approximate surface area is 119 Å². The number of aryl methyl sites for hydroxylation is 1. The van der Waals surface area contributed by atoms with Crippen LogP contribution in [0.1, 0.15) is 11.1 Å². The zero-order valence-electron chi connectivity index (χ0n) is 11.3. The molecular formula is C16H19ClN2. The molecule has 0 bridgehead atoms. The highest BCUT2D eigenvalue weighted by Crippen LogP contribution is 2.22. The van der Waals surface area contributed by atoms with Gasteiger partial charge in [-0.15, -0.1) is 0 Å². The van der Waals surface area contributed by atoms with E-state index < -0.39 is 0 Å². The Bertz CT molecular complexity index is 552. The fraction of sp³-hybridized carbons (Fsp3) is 0.250. The highest BCUT2D eigenvalue weighted by Gasteiger charge is 2.00. The number of hydrogen-bond acceptors (Lipinski definition) is 2. The van der Waals surface area contributed by atoms with Gasteiger partial charge < -0.3 is 10.6 Å². The topological polar surface area (TPSA) is 24.1 Å². The van der Waals surface area contributed by atoms with E-state index in [9.17, 15) is 0 Å². The lowest BCUT2D eigenvalue weighted by molar-refractivity contribution is 1.07. The molecule has 0 unspecified atom stereocenters. The zero-order valence-corrected chi connectivity index (χ0v) is 12.1. The van der Waals surface area contributed by atoms with Crippen LogP contribution in [0.4, 0.5) is 11.4 Å². The van der Waals surface area contributed by atoms with Gasteiger partial charge in [0.2, 0.25) is 0 Å². The van der Waals surface area contributed by atoms with E-state index in [2.05, 4.69) is 41.8 Å². The predicted octanol–water partition coefficient (Wildman–Crippen LogP) is 4.48. The van der Waals surface area contributed by atoms with Crippen LogP contribution in [0.5, 0.6) is 0 Å². The molecule has 0 fully saturated rings. The van der Waals surface area contributed by atoms with Gasteiger partial charge in [-0.2, -0.15) is 0 Å². The van der Waals surface area contributed by atoms with Crippen molar-refractivity contribution in [3.05, 3.63) is 58.6 Å². The second-order valence-corrected chi connectivity index (χ2v) is 5.04. The van der Waals surface area contributed by atoms with E-state index >= 15 is 0 Å². The lowest BCUT2D eigenvalue weighted by atomic mass is 10.2. The van der Waals surface area contributed by atoms with Gasteiger partial charge in [-0.1, -0.05) is 29.8 Å². The molecule has 0 radical (unpaired) electrons. The van der Waals surface area contributed by atoms with E-state index in [1.54, 1.807) is 0 Å². The lowest BCUT2D eigenvalue weighted by Gasteiger charge is -2.12. The van der Waals surface area contributed by atoms with Crippen molar-refractivity contribution in [2.45, 2.75) is 13.8 Å². The quantitative estimate of drug-likeness (QED) is 0.786. The van der Waals surface area contributed by atoms with Gasteiger partial charge in [-0.3, -0.25) is 0 Å². The summed E-state index contributed by atoms with van der Waals surface area (Å²) in [6.07, 6.45) is 0. The third-order valence-electron chi connectivity index (χ3n) is 3.06. The van der Waals surface area contributed by atoms with Crippen LogP contribution in [0.15, 0.2) is 42.5 Å². The summed E-state index contributed by atoms with van der Waals surface area (Å²) in [5.74, 6) is 0. The summed E-state index contributed by atoms with van der Waals surface area (Å²) in [4.78, 5) is 0. The Morgan fingerprint density at radius 3 is 2.47 bits per heavy atom. The van der Waals surface area contributed by atoms with Crippen molar-refractivity contribution in [2.75, 3.05) is 23.7 Å². The maximum atomic E-state index is 6.08. The molecule has 0 aliphatic carbocycles. The van der Waals surface area contributed by atoms with E-state index in [1.165, 1.54) is 5.56 Å². The fourth-order valence-electron chi connectivity index (χ4n) is 1.96. The van der Waals surface area contributed by atoms with Gasteiger partial charge in [-0.25, -0.2) is 0 Å². The largest absolute Gasteiger partial charge is 0.383 e. The molecule has 0 heterocycles. The van der Waals surface area contributed by atoms with Gasteiger partial charge in [0.25, 0.3) is 0 Å². The van der Waals surface area contributed by atoms with Crippen LogP contribution in [0.3, 0.4) is 0 Å². The summed E-state index contributed by atoms with van der Waals surface area (Å²) >= 11 is 6.08. The predicted molar refractivity (Wildman–Crippen MR) is 84.3 cm³/mol. The molecule has 0 aliphatic heterocycles. The molecule has 2 aromatic carbocycles. The molecule has 2 rings (SSSR count). The maximum absolute atomic E-state index is 6.08. The summed E-state index contributed by atoms with van der Waals surface area (Å²) in [7, 11) is 0. The van der Waals surface area contributed by atoms with Gasteiger partial charge in [0.1, 0.15) is 0 Å². The minimum absolute atomic E-state index is 0.802. The Hall–Kier alpha value is -1.67. The molecule has 0 amide bonds. The SMILES string of the molecule is Cc1cccc(NCCNc2cccc(Cl)c2C)c1. The van der Waals surface area contributed by atoms with Crippen molar-refractivity contribution < 1.29 is 0 Å². The summed E-state index contributed by atoms with van der Waals surface area (Å²) in [5, 5.41) is 7.59. The summed E-state index contributed by atoms with van der Waals surface area (Å²) in [6.45, 7) is 5.85. The van der Waals surface area contributed by atoms with Crippen LogP contribution in [0, 0.1) is 13.8 Å². The first kappa shape index (κ1) is 13.8. The van der Waals surface area contributed by atoms with Gasteiger partial charge in [0.05, 0.1) is 0 Å². The average molecular weight is 275 g/mol. The van der Waals surface area contributed by atoms with Crippen molar-refractivity contribution in [1.29, 1.82) is 0 Å². The van der Waals surface area contributed by atoms with Crippen LogP contribution < -0.4 is 10.6 Å². The number of nitrogens with one attached hydrogen (secondary N) is 2. The summed E-state index contributed by atoms with van der Waals surface area (Å²) < 4.78 is 0. The van der Waals surface area contributed by atoms with E-state index in [0.29, 0.717) is 0 Å². The molecule has 0 atom stereocenters. The maximum Gasteiger partial charge on any atom is 0.0455 e. The molecule has 100 valence electrons. The first-order valence-electron chi connectivity index (χ1n) is 6.46. The second kappa shape index (κ2) is 6.48. The summed E-state index contributed by atoms with van der Waals surface area (Å²) in [6, 6.07) is 14.3. The number of halogens is 1. The van der Waals surface area contributed by atoms with Crippen LogP contribution in [-0.2, 0) is 0 Å². The molecule has 0 aromatic heterocycles. The fourth-order valence-corrected chi connectivity index (χ4v) is 2.13. The van der Waals surface area contributed by atoms with Gasteiger partial charge in [0.15, 0.2) is 0 Å². The lowest BCUT2D eigenvalue weighted by Crippen LogP contribution is -2.14. The third kappa shape index (κ3) is 3.90. The van der Waals surface area contributed by atoms with E-state index in [0.717, 1.165) is 35.1 Å². The third-order valence-corrected chi connectivity index (χ3v) is 3.46. The van der Waals surface area contributed by atoms with E-state index in [4.69, 9.17) is 11.6 Å². The van der Waals surface area contributed by atoms with E-state index in [-0.39, 0.29) is 0 Å². The first-order valence-corrected chi connectivity index (χ1v) is 6.84. The minimum atomic E-state index is 0.802. The Balaban J connectivity index is 1.82. The Morgan fingerprint density at radius 1 is 0.947 bits per heavy atom. The molecule has 2 nitrogen and oxygen atoms in total. The number of benzene rings is 2. The van der Waals surface area contributed by atoms with Crippen LogP contribution in [0.25, 0.3) is 0 Å². The molecule has 0 spiro atoms. The van der Waals surface area contributed by atoms with Gasteiger partial charge >= 0.3 is 0 Å². The molecule has 0 aliphatic rings. The van der Waals surface area contributed by atoms with E-state index in [1.807, 2.05) is 25.1 Å². The normalized spacial score (nSPS) is 10.3. The molecule has 3 heteroatoms. The zero-order chi connectivity index (χ0) is 13.7. The molecule has 0 saturated carbocycles. The Morgan fingerprint density at radius 2 is 1.68 bits per heavy atom. The average Bonchev–Trinajstić information content (AvgIpc) is 2.39. The number of hydrogen-bond donors (Lipinski definition) is 2. The van der Waals surface area contributed by atoms with Crippen LogP contribution >= 0.6 is 11.6 Å². The smallest absolute Gasteiger partial charge is 0.0455 e. The molecule has 19 heavy (non-hydrogen) atoms. The van der Waals surface area contributed by atoms with Crippen molar-refractivity contribution in [3.8, 4) is 0 Å². The number of anilines is 2. The van der Waals surface area contributed by atoms with Crippen molar-refractivity contribution in [1.82, 2.24) is 0 Å². The van der Waals surface area contributed by atoms with Gasteiger partial charge in [-0.05, 0) is 49.2 Å². The standard InChI is InChI=1S/C16H19ClN2/c1-12-5-3-6-14(11-12)18-9-10-19-16-8-4-7-15(17)13(16)2/h3-8,11,18-19H,9-10H2,1-2H3.